The van der Waals surface area contributed by atoms with Gasteiger partial charge in [-0.15, -0.1) is 0 Å². The Bertz CT molecular complexity index is 378. The Balaban J connectivity index is 1.96. The van der Waals surface area contributed by atoms with Crippen LogP contribution < -0.4 is 5.32 Å². The number of aromatic nitrogens is 1. The number of nitrogens with one attached hydrogen (secondary N) is 2. The lowest BCUT2D eigenvalue weighted by Gasteiger charge is -2.28. The topological polar surface area (TPSA) is 65.1 Å². The van der Waals surface area contributed by atoms with E-state index in [1.54, 1.807) is 12.3 Å². The van der Waals surface area contributed by atoms with Crippen molar-refractivity contribution in [1.29, 1.82) is 0 Å². The monoisotopic (exact) mass is 242 g/mol. The minimum atomic E-state index is -0.428. The number of H-pyrrole nitrogens is 1. The lowest BCUT2D eigenvalue weighted by atomic mass is 9.92. The van der Waals surface area contributed by atoms with Crippen LogP contribution in [0.4, 0.5) is 0 Å². The number of halogens is 1. The molecule has 1 heterocycles. The van der Waals surface area contributed by atoms with Gasteiger partial charge in [-0.05, 0) is 18.9 Å². The first kappa shape index (κ1) is 11.5. The van der Waals surface area contributed by atoms with Crippen LogP contribution in [0, 0.1) is 0 Å². The number of hydrogen-bond donors (Lipinski definition) is 3. The minimum absolute atomic E-state index is 0.136. The lowest BCUT2D eigenvalue weighted by molar-refractivity contribution is 0.0714. The molecule has 0 spiro atoms. The van der Waals surface area contributed by atoms with E-state index in [-0.39, 0.29) is 11.9 Å². The van der Waals surface area contributed by atoms with Crippen molar-refractivity contribution in [1.82, 2.24) is 10.3 Å². The van der Waals surface area contributed by atoms with Gasteiger partial charge in [0.05, 0.1) is 17.2 Å². The van der Waals surface area contributed by atoms with Gasteiger partial charge >= 0.3 is 0 Å². The van der Waals surface area contributed by atoms with Gasteiger partial charge in [-0.25, -0.2) is 0 Å². The number of carbonyl (C=O) groups excluding carboxylic acids is 1. The highest BCUT2D eigenvalue weighted by Gasteiger charge is 2.25. The first-order valence-corrected chi connectivity index (χ1v) is 5.87. The third-order valence-electron chi connectivity index (χ3n) is 2.94. The van der Waals surface area contributed by atoms with Gasteiger partial charge in [0.1, 0.15) is 5.69 Å². The van der Waals surface area contributed by atoms with E-state index >= 15 is 0 Å². The molecule has 0 saturated heterocycles. The summed E-state index contributed by atoms with van der Waals surface area (Å²) in [5, 5.41) is 13.0. The van der Waals surface area contributed by atoms with Crippen LogP contribution in [0.15, 0.2) is 12.3 Å². The molecule has 3 N–H and O–H groups in total. The van der Waals surface area contributed by atoms with E-state index in [4.69, 9.17) is 11.6 Å². The van der Waals surface area contributed by atoms with E-state index in [1.165, 1.54) is 0 Å². The summed E-state index contributed by atoms with van der Waals surface area (Å²) in [6, 6.07) is 1.44. The lowest BCUT2D eigenvalue weighted by Crippen LogP contribution is -2.45. The number of hydrogen-bond acceptors (Lipinski definition) is 2. The molecule has 5 heteroatoms. The number of amides is 1. The van der Waals surface area contributed by atoms with Gasteiger partial charge in [-0.3, -0.25) is 4.79 Å². The van der Waals surface area contributed by atoms with Crippen molar-refractivity contribution < 1.29 is 9.90 Å². The Morgan fingerprint density at radius 1 is 1.50 bits per heavy atom. The van der Waals surface area contributed by atoms with Crippen LogP contribution in [0.5, 0.6) is 0 Å². The Labute approximate surface area is 99.0 Å². The molecule has 1 aromatic rings. The first-order valence-electron chi connectivity index (χ1n) is 5.49. The predicted octanol–water partition coefficient (Wildman–Crippen LogP) is 1.70. The van der Waals surface area contributed by atoms with Crippen molar-refractivity contribution in [3.63, 3.8) is 0 Å². The van der Waals surface area contributed by atoms with E-state index in [0.29, 0.717) is 10.7 Å². The van der Waals surface area contributed by atoms with Gasteiger partial charge in [0.15, 0.2) is 0 Å². The third kappa shape index (κ3) is 2.57. The van der Waals surface area contributed by atoms with E-state index in [9.17, 15) is 9.90 Å². The zero-order valence-corrected chi connectivity index (χ0v) is 9.63. The SMILES string of the molecule is O=C(NC1CCCCC1O)c1cc(Cl)c[nH]1. The minimum Gasteiger partial charge on any atom is -0.391 e. The number of aliphatic hydroxyl groups excluding tert-OH is 1. The maximum atomic E-state index is 11.8. The molecular weight excluding hydrogens is 228 g/mol. The fourth-order valence-corrected chi connectivity index (χ4v) is 2.19. The molecule has 1 fully saturated rings. The predicted molar refractivity (Wildman–Crippen MR) is 61.5 cm³/mol. The van der Waals surface area contributed by atoms with Crippen LogP contribution in [0.2, 0.25) is 5.02 Å². The smallest absolute Gasteiger partial charge is 0.268 e. The molecule has 4 nitrogen and oxygen atoms in total. The van der Waals surface area contributed by atoms with E-state index in [2.05, 4.69) is 10.3 Å². The van der Waals surface area contributed by atoms with Gasteiger partial charge in [-0.2, -0.15) is 0 Å². The quantitative estimate of drug-likeness (QED) is 0.739. The second-order valence-corrected chi connectivity index (χ2v) is 4.60. The Kier molecular flexibility index (Phi) is 3.51. The van der Waals surface area contributed by atoms with Crippen LogP contribution in [-0.4, -0.2) is 28.1 Å². The van der Waals surface area contributed by atoms with Gasteiger partial charge in [0, 0.05) is 6.20 Å². The molecule has 0 aromatic carbocycles. The number of aliphatic hydroxyl groups is 1. The van der Waals surface area contributed by atoms with Gasteiger partial charge in [0.25, 0.3) is 5.91 Å². The van der Waals surface area contributed by atoms with Gasteiger partial charge in [0.2, 0.25) is 0 Å². The number of carbonyl (C=O) groups is 1. The second-order valence-electron chi connectivity index (χ2n) is 4.16. The van der Waals surface area contributed by atoms with E-state index < -0.39 is 6.10 Å². The molecule has 16 heavy (non-hydrogen) atoms. The van der Waals surface area contributed by atoms with Crippen molar-refractivity contribution in [3.8, 4) is 0 Å². The average Bonchev–Trinajstić information content (AvgIpc) is 2.68. The second kappa shape index (κ2) is 4.89. The van der Waals surface area contributed by atoms with Crippen molar-refractivity contribution in [2.24, 2.45) is 0 Å². The maximum absolute atomic E-state index is 11.8. The summed E-state index contributed by atoms with van der Waals surface area (Å²) < 4.78 is 0. The molecule has 1 aliphatic carbocycles. The van der Waals surface area contributed by atoms with Crippen molar-refractivity contribution in [2.75, 3.05) is 0 Å². The zero-order chi connectivity index (χ0) is 11.5. The summed E-state index contributed by atoms with van der Waals surface area (Å²) in [7, 11) is 0. The molecule has 1 saturated carbocycles. The molecule has 2 rings (SSSR count). The van der Waals surface area contributed by atoms with Crippen molar-refractivity contribution in [2.45, 2.75) is 37.8 Å². The van der Waals surface area contributed by atoms with Crippen molar-refractivity contribution in [3.05, 3.63) is 23.0 Å². The summed E-state index contributed by atoms with van der Waals surface area (Å²) in [5.74, 6) is -0.210. The summed E-state index contributed by atoms with van der Waals surface area (Å²) >= 11 is 5.72. The van der Waals surface area contributed by atoms with E-state index in [0.717, 1.165) is 25.7 Å². The van der Waals surface area contributed by atoms with Crippen molar-refractivity contribution >= 4 is 17.5 Å². The highest BCUT2D eigenvalue weighted by Crippen LogP contribution is 2.19. The molecule has 2 unspecified atom stereocenters. The van der Waals surface area contributed by atoms with Crippen LogP contribution >= 0.6 is 11.6 Å². The molecule has 1 amide bonds. The Morgan fingerprint density at radius 2 is 2.25 bits per heavy atom. The molecule has 0 radical (unpaired) electrons. The van der Waals surface area contributed by atoms with Crippen LogP contribution in [0.3, 0.4) is 0 Å². The highest BCUT2D eigenvalue weighted by atomic mass is 35.5. The van der Waals surface area contributed by atoms with Gasteiger partial charge < -0.3 is 15.4 Å². The number of rotatable bonds is 2. The summed E-state index contributed by atoms with van der Waals surface area (Å²) in [6.07, 6.45) is 4.81. The maximum Gasteiger partial charge on any atom is 0.268 e. The average molecular weight is 243 g/mol. The number of aromatic amines is 1. The van der Waals surface area contributed by atoms with Gasteiger partial charge in [-0.1, -0.05) is 24.4 Å². The Morgan fingerprint density at radius 3 is 2.88 bits per heavy atom. The summed E-state index contributed by atoms with van der Waals surface area (Å²) in [4.78, 5) is 14.5. The van der Waals surface area contributed by atoms with Crippen LogP contribution in [-0.2, 0) is 0 Å². The van der Waals surface area contributed by atoms with Crippen LogP contribution in [0.25, 0.3) is 0 Å². The van der Waals surface area contributed by atoms with E-state index in [1.807, 2.05) is 0 Å². The van der Waals surface area contributed by atoms with Crippen LogP contribution in [0.1, 0.15) is 36.2 Å². The molecule has 0 aliphatic heterocycles. The molecule has 2 atom stereocenters. The third-order valence-corrected chi connectivity index (χ3v) is 3.16. The molecular formula is C11H15ClN2O2. The highest BCUT2D eigenvalue weighted by molar-refractivity contribution is 6.30. The fourth-order valence-electron chi connectivity index (χ4n) is 2.02. The zero-order valence-electron chi connectivity index (χ0n) is 8.87. The summed E-state index contributed by atoms with van der Waals surface area (Å²) in [6.45, 7) is 0. The standard InChI is InChI=1S/C11H15ClN2O2/c12-7-5-9(13-6-7)11(16)14-8-3-1-2-4-10(8)15/h5-6,8,10,13,15H,1-4H2,(H,14,16). The molecule has 1 aromatic heterocycles. The molecule has 1 aliphatic rings. The fraction of sp³-hybridized carbons (Fsp3) is 0.545. The normalized spacial score (nSPS) is 25.4. The summed E-state index contributed by atoms with van der Waals surface area (Å²) in [5.41, 5.74) is 0.433. The first-order chi connectivity index (χ1) is 7.66. The largest absolute Gasteiger partial charge is 0.391 e. The molecule has 88 valence electrons. The Hall–Kier alpha value is -1.00. The molecule has 0 bridgehead atoms.